The highest BCUT2D eigenvalue weighted by Crippen LogP contribution is 2.08. The molecule has 0 atom stereocenters. The second-order valence-corrected chi connectivity index (χ2v) is 7.59. The van der Waals surface area contributed by atoms with Gasteiger partial charge in [0.1, 0.15) is 0 Å². The number of rotatable bonds is 8. The molecular weight excluding hydrogens is 302 g/mol. The fourth-order valence-electron chi connectivity index (χ4n) is 1.74. The zero-order chi connectivity index (χ0) is 15.0. The Labute approximate surface area is 125 Å². The maximum absolute atomic E-state index is 11.9. The van der Waals surface area contributed by atoms with Crippen molar-refractivity contribution in [2.75, 3.05) is 58.4 Å². The van der Waals surface area contributed by atoms with Gasteiger partial charge in [-0.3, -0.25) is 4.79 Å². The van der Waals surface area contributed by atoms with Gasteiger partial charge in [0.2, 0.25) is 0 Å². The molecule has 0 amide bonds. The van der Waals surface area contributed by atoms with Gasteiger partial charge in [0.15, 0.2) is 0 Å². The number of ether oxygens (including phenoxy) is 1. The molecule has 0 spiro atoms. The van der Waals surface area contributed by atoms with E-state index in [1.807, 2.05) is 11.8 Å². The third-order valence-corrected chi connectivity index (χ3v) is 5.60. The highest BCUT2D eigenvalue weighted by molar-refractivity contribution is 7.99. The highest BCUT2D eigenvalue weighted by atomic mass is 32.2. The van der Waals surface area contributed by atoms with Crippen LogP contribution < -0.4 is 4.72 Å². The Morgan fingerprint density at radius 1 is 1.40 bits per heavy atom. The molecule has 0 radical (unpaired) electrons. The third kappa shape index (κ3) is 6.40. The summed E-state index contributed by atoms with van der Waals surface area (Å²) in [7, 11) is -0.790. The summed E-state index contributed by atoms with van der Waals surface area (Å²) in [5, 5.41) is 0. The van der Waals surface area contributed by atoms with Gasteiger partial charge in [-0.25, -0.2) is 4.72 Å². The predicted molar refractivity (Wildman–Crippen MR) is 80.0 cm³/mol. The quantitative estimate of drug-likeness (QED) is 0.598. The Morgan fingerprint density at radius 3 is 2.65 bits per heavy atom. The van der Waals surface area contributed by atoms with Crippen LogP contribution in [-0.4, -0.2) is 82.0 Å². The van der Waals surface area contributed by atoms with Crippen LogP contribution in [-0.2, 0) is 19.7 Å². The molecule has 0 aromatic rings. The number of nitrogens with zero attached hydrogens (tertiary/aromatic N) is 2. The van der Waals surface area contributed by atoms with Crippen molar-refractivity contribution >= 4 is 27.9 Å². The second kappa shape index (κ2) is 8.83. The lowest BCUT2D eigenvalue weighted by atomic mass is 10.4. The van der Waals surface area contributed by atoms with E-state index in [0.29, 0.717) is 13.1 Å². The van der Waals surface area contributed by atoms with Crippen molar-refractivity contribution in [3.05, 3.63) is 0 Å². The van der Waals surface area contributed by atoms with Crippen LogP contribution in [0.3, 0.4) is 0 Å². The maximum Gasteiger partial charge on any atom is 0.306 e. The number of hydrogen-bond acceptors (Lipinski definition) is 6. The standard InChI is InChI=1S/C11H23N3O4S2/c1-13(5-3-11(15)18-2)20(16,17)12-4-6-14-7-9-19-10-8-14/h12H,3-10H2,1-2H3. The number of hydrogen-bond donors (Lipinski definition) is 1. The molecule has 1 N–H and O–H groups in total. The largest absolute Gasteiger partial charge is 0.469 e. The van der Waals surface area contributed by atoms with E-state index in [2.05, 4.69) is 14.4 Å². The molecule has 20 heavy (non-hydrogen) atoms. The van der Waals surface area contributed by atoms with Crippen molar-refractivity contribution < 1.29 is 17.9 Å². The van der Waals surface area contributed by atoms with E-state index < -0.39 is 16.2 Å². The van der Waals surface area contributed by atoms with Crippen LogP contribution in [0.2, 0.25) is 0 Å². The van der Waals surface area contributed by atoms with Gasteiger partial charge in [-0.2, -0.15) is 24.5 Å². The molecule has 0 aromatic carbocycles. The van der Waals surface area contributed by atoms with E-state index in [4.69, 9.17) is 0 Å². The molecule has 0 aliphatic carbocycles. The summed E-state index contributed by atoms with van der Waals surface area (Å²) < 4.78 is 32.0. The molecule has 1 saturated heterocycles. The molecule has 1 rings (SSSR count). The lowest BCUT2D eigenvalue weighted by molar-refractivity contribution is -0.140. The van der Waals surface area contributed by atoms with Gasteiger partial charge in [0.05, 0.1) is 13.5 Å². The molecule has 1 fully saturated rings. The van der Waals surface area contributed by atoms with Crippen molar-refractivity contribution in [2.45, 2.75) is 6.42 Å². The minimum absolute atomic E-state index is 0.0528. The smallest absolute Gasteiger partial charge is 0.306 e. The zero-order valence-corrected chi connectivity index (χ0v) is 13.6. The van der Waals surface area contributed by atoms with Crippen LogP contribution in [0.5, 0.6) is 0 Å². The Morgan fingerprint density at radius 2 is 2.05 bits per heavy atom. The first-order valence-corrected chi connectivity index (χ1v) is 9.13. The van der Waals surface area contributed by atoms with Crippen LogP contribution >= 0.6 is 11.8 Å². The van der Waals surface area contributed by atoms with Crippen molar-refractivity contribution in [2.24, 2.45) is 0 Å². The predicted octanol–water partition coefficient (Wildman–Crippen LogP) is -0.635. The van der Waals surface area contributed by atoms with E-state index in [-0.39, 0.29) is 13.0 Å². The van der Waals surface area contributed by atoms with Crippen molar-refractivity contribution in [3.8, 4) is 0 Å². The third-order valence-electron chi connectivity index (χ3n) is 3.09. The number of carbonyl (C=O) groups excluding carboxylic acids is 1. The number of nitrogens with one attached hydrogen (secondary N) is 1. The maximum atomic E-state index is 11.9. The van der Waals surface area contributed by atoms with Gasteiger partial charge in [-0.15, -0.1) is 0 Å². The summed E-state index contributed by atoms with van der Waals surface area (Å²) in [5.74, 6) is 1.79. The van der Waals surface area contributed by atoms with Gasteiger partial charge in [-0.1, -0.05) is 0 Å². The van der Waals surface area contributed by atoms with Gasteiger partial charge in [-0.05, 0) is 0 Å². The summed E-state index contributed by atoms with van der Waals surface area (Å²) in [6.45, 7) is 3.22. The number of carbonyl (C=O) groups is 1. The second-order valence-electron chi connectivity index (χ2n) is 4.50. The Bertz CT molecular complexity index is 396. The SMILES string of the molecule is COC(=O)CCN(C)S(=O)(=O)NCCN1CCSCC1. The van der Waals surface area contributed by atoms with Gasteiger partial charge in [0.25, 0.3) is 10.2 Å². The topological polar surface area (TPSA) is 78.9 Å². The summed E-state index contributed by atoms with van der Waals surface area (Å²) in [4.78, 5) is 13.2. The summed E-state index contributed by atoms with van der Waals surface area (Å²) in [5.41, 5.74) is 0. The number of thioether (sulfide) groups is 1. The van der Waals surface area contributed by atoms with Crippen LogP contribution in [0.15, 0.2) is 0 Å². The van der Waals surface area contributed by atoms with Crippen molar-refractivity contribution in [3.63, 3.8) is 0 Å². The molecule has 0 unspecified atom stereocenters. The minimum atomic E-state index is -3.52. The van der Waals surface area contributed by atoms with E-state index in [0.717, 1.165) is 28.9 Å². The Balaban J connectivity index is 2.27. The number of methoxy groups -OCH3 is 1. The fraction of sp³-hybridized carbons (Fsp3) is 0.909. The van der Waals surface area contributed by atoms with Crippen molar-refractivity contribution in [1.29, 1.82) is 0 Å². The first-order valence-electron chi connectivity index (χ1n) is 6.53. The van der Waals surface area contributed by atoms with E-state index in [1.54, 1.807) is 0 Å². The minimum Gasteiger partial charge on any atom is -0.469 e. The van der Waals surface area contributed by atoms with Gasteiger partial charge >= 0.3 is 5.97 Å². The molecule has 0 bridgehead atoms. The molecule has 0 saturated carbocycles. The van der Waals surface area contributed by atoms with Crippen LogP contribution in [0, 0.1) is 0 Å². The summed E-state index contributed by atoms with van der Waals surface area (Å²) >= 11 is 1.92. The molecule has 1 heterocycles. The van der Waals surface area contributed by atoms with Crippen LogP contribution in [0.4, 0.5) is 0 Å². The molecular formula is C11H23N3O4S2. The van der Waals surface area contributed by atoms with Crippen LogP contribution in [0.25, 0.3) is 0 Å². The van der Waals surface area contributed by atoms with Crippen molar-refractivity contribution in [1.82, 2.24) is 13.9 Å². The van der Waals surface area contributed by atoms with E-state index in [9.17, 15) is 13.2 Å². The Kier molecular flexibility index (Phi) is 7.82. The molecule has 1 aliphatic heterocycles. The zero-order valence-electron chi connectivity index (χ0n) is 12.0. The summed E-state index contributed by atoms with van der Waals surface area (Å²) in [6.07, 6.45) is 0.0528. The monoisotopic (exact) mass is 325 g/mol. The van der Waals surface area contributed by atoms with Crippen LogP contribution in [0.1, 0.15) is 6.42 Å². The Hall–Kier alpha value is -0.350. The molecule has 9 heteroatoms. The average molecular weight is 325 g/mol. The van der Waals surface area contributed by atoms with E-state index >= 15 is 0 Å². The molecule has 118 valence electrons. The summed E-state index contributed by atoms with van der Waals surface area (Å²) in [6, 6.07) is 0. The van der Waals surface area contributed by atoms with Gasteiger partial charge < -0.3 is 9.64 Å². The lowest BCUT2D eigenvalue weighted by Crippen LogP contribution is -2.44. The first-order chi connectivity index (χ1) is 9.45. The van der Waals surface area contributed by atoms with E-state index in [1.165, 1.54) is 14.2 Å². The molecule has 0 aromatic heterocycles. The normalized spacial score (nSPS) is 17.4. The molecule has 7 nitrogen and oxygen atoms in total. The highest BCUT2D eigenvalue weighted by Gasteiger charge is 2.18. The fourth-order valence-corrected chi connectivity index (χ4v) is 3.62. The van der Waals surface area contributed by atoms with Gasteiger partial charge in [0, 0.05) is 51.3 Å². The molecule has 1 aliphatic rings. The average Bonchev–Trinajstić information content (AvgIpc) is 2.45. The number of esters is 1. The lowest BCUT2D eigenvalue weighted by Gasteiger charge is -2.26. The first kappa shape index (κ1) is 17.7.